The molecule has 27 heavy (non-hydrogen) atoms. The Balaban J connectivity index is 1.85. The van der Waals surface area contributed by atoms with E-state index < -0.39 is 0 Å². The molecule has 0 saturated carbocycles. The molecule has 5 nitrogen and oxygen atoms in total. The van der Waals surface area contributed by atoms with Gasteiger partial charge in [0.15, 0.2) is 0 Å². The third-order valence-electron chi connectivity index (χ3n) is 5.23. The summed E-state index contributed by atoms with van der Waals surface area (Å²) in [5.41, 5.74) is 4.45. The van der Waals surface area contributed by atoms with Crippen LogP contribution in [0.1, 0.15) is 25.3 Å². The van der Waals surface area contributed by atoms with Gasteiger partial charge >= 0.3 is 0 Å². The molecule has 1 amide bonds. The number of methoxy groups -OCH3 is 1. The van der Waals surface area contributed by atoms with Crippen LogP contribution in [0.15, 0.2) is 42.5 Å². The summed E-state index contributed by atoms with van der Waals surface area (Å²) in [5, 5.41) is 10.8. The van der Waals surface area contributed by atoms with Crippen molar-refractivity contribution in [2.45, 2.75) is 26.3 Å². The Morgan fingerprint density at radius 2 is 1.96 bits per heavy atom. The van der Waals surface area contributed by atoms with Crippen molar-refractivity contribution in [2.75, 3.05) is 18.6 Å². The monoisotopic (exact) mass is 359 g/mol. The van der Waals surface area contributed by atoms with Crippen LogP contribution in [0, 0.1) is 11.3 Å². The minimum atomic E-state index is 0.176. The van der Waals surface area contributed by atoms with Crippen molar-refractivity contribution in [3.8, 4) is 23.1 Å². The first-order chi connectivity index (χ1) is 13.2. The molecule has 3 aromatic rings. The first-order valence-corrected chi connectivity index (χ1v) is 9.19. The zero-order valence-electron chi connectivity index (χ0n) is 15.5. The van der Waals surface area contributed by atoms with Gasteiger partial charge in [0, 0.05) is 36.7 Å². The SMILES string of the molecule is CCn1c(-c2ccc(N3CCCC3=O)cc2)c(C#N)c2ccc(OC)cc21. The zero-order chi connectivity index (χ0) is 19.0. The lowest BCUT2D eigenvalue weighted by Gasteiger charge is -2.16. The Labute approximate surface area is 158 Å². The number of carbonyl (C=O) groups excluding carboxylic acids is 1. The number of rotatable bonds is 4. The number of ether oxygens (including phenoxy) is 1. The maximum atomic E-state index is 12.0. The number of fused-ring (bicyclic) bond motifs is 1. The summed E-state index contributed by atoms with van der Waals surface area (Å²) >= 11 is 0. The van der Waals surface area contributed by atoms with Crippen LogP contribution in [0.2, 0.25) is 0 Å². The molecule has 1 fully saturated rings. The van der Waals surface area contributed by atoms with Gasteiger partial charge in [-0.05, 0) is 43.2 Å². The van der Waals surface area contributed by atoms with Crippen LogP contribution in [-0.2, 0) is 11.3 Å². The molecule has 0 radical (unpaired) electrons. The summed E-state index contributed by atoms with van der Waals surface area (Å²) in [6.07, 6.45) is 1.53. The van der Waals surface area contributed by atoms with Crippen LogP contribution in [0.3, 0.4) is 0 Å². The van der Waals surface area contributed by atoms with E-state index in [1.54, 1.807) is 7.11 Å². The Morgan fingerprint density at radius 1 is 1.19 bits per heavy atom. The minimum absolute atomic E-state index is 0.176. The second kappa shape index (κ2) is 6.81. The predicted octanol–water partition coefficient (Wildman–Crippen LogP) is 4.34. The number of amides is 1. The van der Waals surface area contributed by atoms with E-state index in [0.29, 0.717) is 12.0 Å². The topological polar surface area (TPSA) is 58.3 Å². The highest BCUT2D eigenvalue weighted by Gasteiger charge is 2.22. The first-order valence-electron chi connectivity index (χ1n) is 9.19. The molecule has 1 aliphatic heterocycles. The Kier molecular flexibility index (Phi) is 4.33. The van der Waals surface area contributed by atoms with Gasteiger partial charge in [-0.3, -0.25) is 4.79 Å². The van der Waals surface area contributed by atoms with E-state index in [0.717, 1.165) is 53.1 Å². The molecular formula is C22H21N3O2. The van der Waals surface area contributed by atoms with Crippen LogP contribution in [0.5, 0.6) is 5.75 Å². The van der Waals surface area contributed by atoms with Gasteiger partial charge < -0.3 is 14.2 Å². The van der Waals surface area contributed by atoms with Gasteiger partial charge in [0.25, 0.3) is 0 Å². The molecule has 0 N–H and O–H groups in total. The largest absolute Gasteiger partial charge is 0.497 e. The summed E-state index contributed by atoms with van der Waals surface area (Å²) in [6, 6.07) is 16.1. The quantitative estimate of drug-likeness (QED) is 0.696. The molecule has 0 atom stereocenters. The van der Waals surface area contributed by atoms with Gasteiger partial charge in [-0.25, -0.2) is 0 Å². The Morgan fingerprint density at radius 3 is 2.56 bits per heavy atom. The molecule has 136 valence electrons. The summed E-state index contributed by atoms with van der Waals surface area (Å²) < 4.78 is 7.50. The van der Waals surface area contributed by atoms with Crippen molar-refractivity contribution >= 4 is 22.5 Å². The molecule has 1 saturated heterocycles. The van der Waals surface area contributed by atoms with E-state index in [2.05, 4.69) is 17.6 Å². The number of aryl methyl sites for hydroxylation is 1. The van der Waals surface area contributed by atoms with Gasteiger partial charge in [0.1, 0.15) is 11.8 Å². The fraction of sp³-hybridized carbons (Fsp3) is 0.273. The van der Waals surface area contributed by atoms with Crippen molar-refractivity contribution in [1.29, 1.82) is 5.26 Å². The second-order valence-corrected chi connectivity index (χ2v) is 6.66. The first kappa shape index (κ1) is 17.2. The van der Waals surface area contributed by atoms with Crippen molar-refractivity contribution in [2.24, 2.45) is 0 Å². The van der Waals surface area contributed by atoms with Crippen LogP contribution in [-0.4, -0.2) is 24.1 Å². The molecule has 2 heterocycles. The van der Waals surface area contributed by atoms with E-state index in [1.807, 2.05) is 47.4 Å². The summed E-state index contributed by atoms with van der Waals surface area (Å²) in [6.45, 7) is 3.59. The smallest absolute Gasteiger partial charge is 0.227 e. The van der Waals surface area contributed by atoms with Crippen molar-refractivity contribution in [3.63, 3.8) is 0 Å². The van der Waals surface area contributed by atoms with Crippen LogP contribution in [0.25, 0.3) is 22.2 Å². The number of nitrogens with zero attached hydrogens (tertiary/aromatic N) is 3. The zero-order valence-corrected chi connectivity index (χ0v) is 15.5. The fourth-order valence-corrected chi connectivity index (χ4v) is 3.92. The fourth-order valence-electron chi connectivity index (χ4n) is 3.92. The average Bonchev–Trinajstić information content (AvgIpc) is 3.27. The third-order valence-corrected chi connectivity index (χ3v) is 5.23. The number of carbonyl (C=O) groups is 1. The molecule has 0 bridgehead atoms. The highest BCUT2D eigenvalue weighted by molar-refractivity contribution is 5.97. The van der Waals surface area contributed by atoms with E-state index in [1.165, 1.54) is 0 Å². The maximum Gasteiger partial charge on any atom is 0.227 e. The van der Waals surface area contributed by atoms with Crippen LogP contribution < -0.4 is 9.64 Å². The molecule has 5 heteroatoms. The summed E-state index contributed by atoms with van der Waals surface area (Å²) in [7, 11) is 1.64. The number of hydrogen-bond acceptors (Lipinski definition) is 3. The Hall–Kier alpha value is -3.26. The number of anilines is 1. The molecule has 2 aromatic carbocycles. The van der Waals surface area contributed by atoms with Gasteiger partial charge in [-0.2, -0.15) is 5.26 Å². The highest BCUT2D eigenvalue weighted by atomic mass is 16.5. The van der Waals surface area contributed by atoms with Crippen molar-refractivity contribution in [1.82, 2.24) is 4.57 Å². The molecule has 0 aliphatic carbocycles. The second-order valence-electron chi connectivity index (χ2n) is 6.66. The Bertz CT molecular complexity index is 1060. The van der Waals surface area contributed by atoms with Crippen molar-refractivity contribution in [3.05, 3.63) is 48.0 Å². The number of benzene rings is 2. The number of nitriles is 1. The van der Waals surface area contributed by atoms with Gasteiger partial charge in [0.2, 0.25) is 5.91 Å². The van der Waals surface area contributed by atoms with Gasteiger partial charge in [-0.15, -0.1) is 0 Å². The average molecular weight is 359 g/mol. The van der Waals surface area contributed by atoms with Crippen LogP contribution in [0.4, 0.5) is 5.69 Å². The standard InChI is InChI=1S/C22H21N3O2/c1-3-24-20-13-17(27-2)10-11-18(20)19(14-23)22(24)15-6-8-16(9-7-15)25-12-4-5-21(25)26/h6-11,13H,3-5,12H2,1-2H3. The molecule has 1 aliphatic rings. The van der Waals surface area contributed by atoms with Gasteiger partial charge in [-0.1, -0.05) is 12.1 Å². The van der Waals surface area contributed by atoms with E-state index in [4.69, 9.17) is 4.74 Å². The maximum absolute atomic E-state index is 12.0. The van der Waals surface area contributed by atoms with Crippen molar-refractivity contribution < 1.29 is 9.53 Å². The molecule has 4 rings (SSSR count). The van der Waals surface area contributed by atoms with E-state index in [9.17, 15) is 10.1 Å². The molecular weight excluding hydrogens is 338 g/mol. The molecule has 0 spiro atoms. The number of aromatic nitrogens is 1. The summed E-state index contributed by atoms with van der Waals surface area (Å²) in [4.78, 5) is 13.8. The van der Waals surface area contributed by atoms with E-state index >= 15 is 0 Å². The minimum Gasteiger partial charge on any atom is -0.497 e. The van der Waals surface area contributed by atoms with Gasteiger partial charge in [0.05, 0.1) is 23.9 Å². The predicted molar refractivity (Wildman–Crippen MR) is 106 cm³/mol. The lowest BCUT2D eigenvalue weighted by Crippen LogP contribution is -2.23. The number of hydrogen-bond donors (Lipinski definition) is 0. The molecule has 1 aromatic heterocycles. The normalized spacial score (nSPS) is 14.0. The third kappa shape index (κ3) is 2.74. The summed E-state index contributed by atoms with van der Waals surface area (Å²) in [5.74, 6) is 0.948. The highest BCUT2D eigenvalue weighted by Crippen LogP contribution is 2.36. The molecule has 0 unspecified atom stereocenters. The van der Waals surface area contributed by atoms with Crippen LogP contribution >= 0.6 is 0 Å². The lowest BCUT2D eigenvalue weighted by molar-refractivity contribution is -0.117. The van der Waals surface area contributed by atoms with E-state index in [-0.39, 0.29) is 5.91 Å². The lowest BCUT2D eigenvalue weighted by atomic mass is 10.1.